The van der Waals surface area contributed by atoms with E-state index in [1.807, 2.05) is 24.3 Å². The van der Waals surface area contributed by atoms with E-state index in [4.69, 9.17) is 0 Å². The van der Waals surface area contributed by atoms with Crippen molar-refractivity contribution in [2.75, 3.05) is 5.32 Å². The van der Waals surface area contributed by atoms with E-state index in [-0.39, 0.29) is 17.9 Å². The van der Waals surface area contributed by atoms with Crippen LogP contribution in [-0.2, 0) is 14.8 Å². The maximum absolute atomic E-state index is 12.5. The molecule has 1 aliphatic rings. The first kappa shape index (κ1) is 19.3. The van der Waals surface area contributed by atoms with Crippen molar-refractivity contribution in [3.05, 3.63) is 24.3 Å². The molecule has 2 N–H and O–H groups in total. The van der Waals surface area contributed by atoms with Crippen LogP contribution >= 0.6 is 11.3 Å². The Morgan fingerprint density at radius 2 is 1.81 bits per heavy atom. The molecule has 142 valence electrons. The van der Waals surface area contributed by atoms with E-state index in [0.29, 0.717) is 30.8 Å². The van der Waals surface area contributed by atoms with Gasteiger partial charge in [-0.25, -0.2) is 18.1 Å². The van der Waals surface area contributed by atoms with Crippen molar-refractivity contribution in [1.29, 1.82) is 0 Å². The number of hydrogen-bond donors (Lipinski definition) is 2. The second kappa shape index (κ2) is 7.25. The lowest BCUT2D eigenvalue weighted by molar-refractivity contribution is -0.120. The van der Waals surface area contributed by atoms with Crippen LogP contribution in [0.4, 0.5) is 5.13 Å². The Morgan fingerprint density at radius 3 is 2.42 bits per heavy atom. The smallest absolute Gasteiger partial charge is 0.229 e. The molecule has 1 heterocycles. The average Bonchev–Trinajstić information content (AvgIpc) is 2.96. The molecule has 1 fully saturated rings. The Kier molecular flexibility index (Phi) is 5.37. The van der Waals surface area contributed by atoms with Crippen molar-refractivity contribution in [3.8, 4) is 0 Å². The van der Waals surface area contributed by atoms with Gasteiger partial charge in [0.25, 0.3) is 0 Å². The predicted molar refractivity (Wildman–Crippen MR) is 106 cm³/mol. The Labute approximate surface area is 158 Å². The van der Waals surface area contributed by atoms with Crippen LogP contribution in [0.3, 0.4) is 0 Å². The minimum atomic E-state index is -3.36. The van der Waals surface area contributed by atoms with Gasteiger partial charge in [0.15, 0.2) is 5.13 Å². The van der Waals surface area contributed by atoms with Gasteiger partial charge in [-0.2, -0.15) is 0 Å². The number of benzene rings is 1. The van der Waals surface area contributed by atoms with Crippen LogP contribution in [0.15, 0.2) is 24.3 Å². The zero-order valence-electron chi connectivity index (χ0n) is 15.3. The summed E-state index contributed by atoms with van der Waals surface area (Å²) in [4.78, 5) is 16.9. The van der Waals surface area contributed by atoms with Crippen molar-refractivity contribution in [3.63, 3.8) is 0 Å². The average molecular weight is 396 g/mol. The highest BCUT2D eigenvalue weighted by molar-refractivity contribution is 7.90. The number of fused-ring (bicyclic) bond motifs is 1. The van der Waals surface area contributed by atoms with Crippen LogP contribution in [0.2, 0.25) is 0 Å². The van der Waals surface area contributed by atoms with Crippen molar-refractivity contribution in [1.82, 2.24) is 9.71 Å². The number of nitrogens with one attached hydrogen (secondary N) is 2. The third-order valence-electron chi connectivity index (χ3n) is 4.75. The molecule has 8 heteroatoms. The second-order valence-corrected chi connectivity index (χ2v) is 11.3. The fraction of sp³-hybridized carbons (Fsp3) is 0.556. The summed E-state index contributed by atoms with van der Waals surface area (Å²) in [5, 5.41) is 3.54. The third-order valence-corrected chi connectivity index (χ3v) is 7.96. The molecule has 0 aliphatic heterocycles. The van der Waals surface area contributed by atoms with Gasteiger partial charge in [-0.15, -0.1) is 0 Å². The van der Waals surface area contributed by atoms with Gasteiger partial charge >= 0.3 is 0 Å². The molecular weight excluding hydrogens is 370 g/mol. The lowest BCUT2D eigenvalue weighted by Gasteiger charge is -2.30. The van der Waals surface area contributed by atoms with Gasteiger partial charge in [-0.3, -0.25) is 4.79 Å². The molecule has 0 saturated heterocycles. The summed E-state index contributed by atoms with van der Waals surface area (Å²) in [6.45, 7) is 5.06. The SMILES string of the molecule is CC(C)(C)S(=O)(=O)NC1CCC(C(=O)Nc2nc3ccccc3s2)CC1. The molecule has 1 saturated carbocycles. The summed E-state index contributed by atoms with van der Waals surface area (Å²) >= 11 is 1.47. The van der Waals surface area contributed by atoms with Gasteiger partial charge in [0.2, 0.25) is 15.9 Å². The lowest BCUT2D eigenvalue weighted by Crippen LogP contribution is -2.46. The standard InChI is InChI=1S/C18H25N3O3S2/c1-18(2,3)26(23,24)21-13-10-8-12(9-11-13)16(22)20-17-19-14-6-4-5-7-15(14)25-17/h4-7,12-13,21H,8-11H2,1-3H3,(H,19,20,22). The first-order valence-electron chi connectivity index (χ1n) is 8.84. The second-order valence-electron chi connectivity index (χ2n) is 7.76. The van der Waals surface area contributed by atoms with Crippen LogP contribution in [0.5, 0.6) is 0 Å². The maximum Gasteiger partial charge on any atom is 0.229 e. The molecular formula is C18H25N3O3S2. The summed E-state index contributed by atoms with van der Waals surface area (Å²) in [7, 11) is -3.36. The topological polar surface area (TPSA) is 88.2 Å². The Bertz CT molecular complexity index is 859. The quantitative estimate of drug-likeness (QED) is 0.829. The minimum absolute atomic E-state index is 0.0267. The number of hydrogen-bond acceptors (Lipinski definition) is 5. The number of carbonyl (C=O) groups excluding carboxylic acids is 1. The third kappa shape index (κ3) is 4.24. The van der Waals surface area contributed by atoms with Crippen molar-refractivity contribution >= 4 is 42.6 Å². The normalized spacial score (nSPS) is 21.7. The number of sulfonamides is 1. The maximum atomic E-state index is 12.5. The van der Waals surface area contributed by atoms with Crippen LogP contribution < -0.4 is 10.0 Å². The number of carbonyl (C=O) groups is 1. The Hall–Kier alpha value is -1.51. The zero-order valence-corrected chi connectivity index (χ0v) is 16.9. The van der Waals surface area contributed by atoms with E-state index < -0.39 is 14.8 Å². The van der Waals surface area contributed by atoms with E-state index in [2.05, 4.69) is 15.0 Å². The highest BCUT2D eigenvalue weighted by Gasteiger charge is 2.34. The first-order chi connectivity index (χ1) is 12.2. The molecule has 0 atom stereocenters. The van der Waals surface area contributed by atoms with E-state index in [9.17, 15) is 13.2 Å². The number of aromatic nitrogens is 1. The minimum Gasteiger partial charge on any atom is -0.302 e. The molecule has 0 spiro atoms. The first-order valence-corrected chi connectivity index (χ1v) is 11.1. The van der Waals surface area contributed by atoms with E-state index in [0.717, 1.165) is 10.2 Å². The molecule has 0 unspecified atom stereocenters. The van der Waals surface area contributed by atoms with Gasteiger partial charge < -0.3 is 5.32 Å². The van der Waals surface area contributed by atoms with Crippen LogP contribution in [0, 0.1) is 5.92 Å². The largest absolute Gasteiger partial charge is 0.302 e. The molecule has 3 rings (SSSR count). The molecule has 6 nitrogen and oxygen atoms in total. The fourth-order valence-electron chi connectivity index (χ4n) is 3.00. The lowest BCUT2D eigenvalue weighted by atomic mass is 9.86. The number of anilines is 1. The molecule has 1 aliphatic carbocycles. The summed E-state index contributed by atoms with van der Waals surface area (Å²) in [5.74, 6) is -0.126. The van der Waals surface area contributed by atoms with Gasteiger partial charge in [0.05, 0.1) is 15.0 Å². The molecule has 2 aromatic rings. The molecule has 1 aromatic heterocycles. The number of rotatable bonds is 4. The van der Waals surface area contributed by atoms with Crippen molar-refractivity contribution < 1.29 is 13.2 Å². The van der Waals surface area contributed by atoms with E-state index in [1.54, 1.807) is 20.8 Å². The summed E-state index contributed by atoms with van der Waals surface area (Å²) < 4.78 is 27.5. The highest BCUT2D eigenvalue weighted by Crippen LogP contribution is 2.29. The van der Waals surface area contributed by atoms with Gasteiger partial charge in [-0.05, 0) is 58.6 Å². The molecule has 0 radical (unpaired) electrons. The van der Waals surface area contributed by atoms with E-state index >= 15 is 0 Å². The highest BCUT2D eigenvalue weighted by atomic mass is 32.2. The Balaban J connectivity index is 1.55. The summed E-state index contributed by atoms with van der Waals surface area (Å²) in [5.41, 5.74) is 0.882. The predicted octanol–water partition coefficient (Wildman–Crippen LogP) is 3.51. The van der Waals surface area contributed by atoms with E-state index in [1.165, 1.54) is 11.3 Å². The van der Waals surface area contributed by atoms with Crippen LogP contribution in [0.1, 0.15) is 46.5 Å². The Morgan fingerprint density at radius 1 is 1.15 bits per heavy atom. The fourth-order valence-corrected chi connectivity index (χ4v) is 4.90. The zero-order chi connectivity index (χ0) is 18.9. The van der Waals surface area contributed by atoms with Crippen LogP contribution in [-0.4, -0.2) is 30.1 Å². The number of nitrogens with zero attached hydrogens (tertiary/aromatic N) is 1. The summed E-state index contributed by atoms with van der Waals surface area (Å²) in [6.07, 6.45) is 2.70. The molecule has 1 aromatic carbocycles. The van der Waals surface area contributed by atoms with Crippen LogP contribution in [0.25, 0.3) is 10.2 Å². The van der Waals surface area contributed by atoms with Gasteiger partial charge in [0.1, 0.15) is 0 Å². The van der Waals surface area contributed by atoms with Crippen molar-refractivity contribution in [2.24, 2.45) is 5.92 Å². The molecule has 1 amide bonds. The monoisotopic (exact) mass is 395 g/mol. The van der Waals surface area contributed by atoms with Gasteiger partial charge in [0, 0.05) is 12.0 Å². The number of thiazole rings is 1. The molecule has 0 bridgehead atoms. The number of para-hydroxylation sites is 1. The van der Waals surface area contributed by atoms with Crippen molar-refractivity contribution in [2.45, 2.75) is 57.2 Å². The number of amides is 1. The van der Waals surface area contributed by atoms with Gasteiger partial charge in [-0.1, -0.05) is 23.5 Å². The summed E-state index contributed by atoms with van der Waals surface area (Å²) in [6, 6.07) is 7.69. The molecule has 26 heavy (non-hydrogen) atoms.